The van der Waals surface area contributed by atoms with Gasteiger partial charge in [-0.05, 0) is 13.0 Å². The van der Waals surface area contributed by atoms with Crippen LogP contribution >= 0.6 is 0 Å². The number of amides is 1. The van der Waals surface area contributed by atoms with Gasteiger partial charge in [-0.2, -0.15) is 4.98 Å². The number of nitrogens with two attached hydrogens (primary N) is 1. The van der Waals surface area contributed by atoms with Gasteiger partial charge in [-0.3, -0.25) is 10.1 Å². The minimum Gasteiger partial charge on any atom is -0.481 e. The third-order valence-corrected chi connectivity index (χ3v) is 2.22. The Bertz CT molecular complexity index is 579. The summed E-state index contributed by atoms with van der Waals surface area (Å²) >= 11 is 0. The second-order valence-corrected chi connectivity index (χ2v) is 3.68. The fourth-order valence-electron chi connectivity index (χ4n) is 1.41. The van der Waals surface area contributed by atoms with Gasteiger partial charge in [0.25, 0.3) is 5.91 Å². The number of methoxy groups -OCH3 is 1. The van der Waals surface area contributed by atoms with Crippen molar-refractivity contribution in [3.8, 4) is 5.88 Å². The maximum absolute atomic E-state index is 11.8. The highest BCUT2D eigenvalue weighted by Crippen LogP contribution is 2.12. The maximum atomic E-state index is 11.8. The lowest BCUT2D eigenvalue weighted by Crippen LogP contribution is -2.15. The highest BCUT2D eigenvalue weighted by atomic mass is 16.5. The first-order valence-corrected chi connectivity index (χ1v) is 5.23. The molecule has 7 heteroatoms. The van der Waals surface area contributed by atoms with Crippen LogP contribution in [0, 0.1) is 6.92 Å². The fraction of sp³-hybridized carbons (Fsp3) is 0.182. The summed E-state index contributed by atoms with van der Waals surface area (Å²) in [6.45, 7) is 1.78. The molecule has 0 bridgehead atoms. The molecule has 2 aromatic rings. The summed E-state index contributed by atoms with van der Waals surface area (Å²) in [7, 11) is 1.50. The van der Waals surface area contributed by atoms with Crippen molar-refractivity contribution in [1.29, 1.82) is 0 Å². The van der Waals surface area contributed by atoms with Crippen LogP contribution in [-0.2, 0) is 0 Å². The fourth-order valence-corrected chi connectivity index (χ4v) is 1.41. The molecular formula is C11H13N5O2. The number of aryl methyl sites for hydroxylation is 1. The lowest BCUT2D eigenvalue weighted by atomic mass is 10.4. The highest BCUT2D eigenvalue weighted by molar-refractivity contribution is 6.02. The summed E-state index contributed by atoms with van der Waals surface area (Å²) in [4.78, 5) is 22.7. The van der Waals surface area contributed by atoms with Crippen LogP contribution in [0.2, 0.25) is 0 Å². The minimum atomic E-state index is -0.362. The van der Waals surface area contributed by atoms with E-state index in [4.69, 9.17) is 10.5 Å². The van der Waals surface area contributed by atoms with Crippen LogP contribution in [0.15, 0.2) is 18.3 Å². The second kappa shape index (κ2) is 4.74. The van der Waals surface area contributed by atoms with Crippen LogP contribution in [0.25, 0.3) is 0 Å². The topological polar surface area (TPSA) is 106 Å². The Balaban J connectivity index is 2.18. The molecule has 0 atom stereocenters. The number of nitrogens with one attached hydrogen (secondary N) is 2. The van der Waals surface area contributed by atoms with Crippen LogP contribution in [0.1, 0.15) is 16.2 Å². The van der Waals surface area contributed by atoms with Crippen molar-refractivity contribution in [3.63, 3.8) is 0 Å². The Morgan fingerprint density at radius 3 is 2.83 bits per heavy atom. The quantitative estimate of drug-likeness (QED) is 0.748. The van der Waals surface area contributed by atoms with E-state index in [1.807, 2.05) is 0 Å². The Labute approximate surface area is 103 Å². The van der Waals surface area contributed by atoms with Crippen LogP contribution in [0.5, 0.6) is 5.88 Å². The summed E-state index contributed by atoms with van der Waals surface area (Å²) < 4.78 is 5.00. The van der Waals surface area contributed by atoms with E-state index >= 15 is 0 Å². The molecule has 0 aliphatic carbocycles. The van der Waals surface area contributed by atoms with E-state index in [1.54, 1.807) is 13.0 Å². The molecule has 0 aliphatic rings. The number of ether oxygens (including phenoxy) is 1. The third-order valence-electron chi connectivity index (χ3n) is 2.22. The van der Waals surface area contributed by atoms with Crippen molar-refractivity contribution in [2.75, 3.05) is 18.2 Å². The zero-order chi connectivity index (χ0) is 13.1. The number of nitrogen functional groups attached to an aromatic ring is 1. The lowest BCUT2D eigenvalue weighted by molar-refractivity contribution is 0.102. The smallest absolute Gasteiger partial charge is 0.274 e. The molecule has 2 heterocycles. The van der Waals surface area contributed by atoms with Gasteiger partial charge >= 0.3 is 0 Å². The summed E-state index contributed by atoms with van der Waals surface area (Å²) in [5, 5.41) is 2.56. The van der Waals surface area contributed by atoms with Gasteiger partial charge < -0.3 is 15.5 Å². The Hall–Kier alpha value is -2.57. The maximum Gasteiger partial charge on any atom is 0.274 e. The number of aromatic nitrogens is 3. The predicted octanol–water partition coefficient (Wildman–Crippen LogP) is 0.956. The van der Waals surface area contributed by atoms with E-state index < -0.39 is 0 Å². The lowest BCUT2D eigenvalue weighted by Gasteiger charge is -2.05. The van der Waals surface area contributed by atoms with E-state index in [1.165, 1.54) is 19.4 Å². The standard InChI is InChI=1S/C11H13N5O2/c1-6-3-9(18-2)15-11(14-6)16-10(17)8-4-7(12)5-13-8/h3-5,13H,12H2,1-2H3,(H,14,15,16,17). The SMILES string of the molecule is COc1cc(C)nc(NC(=O)c2cc(N)c[nH]2)n1. The number of anilines is 2. The molecular weight excluding hydrogens is 234 g/mol. The van der Waals surface area contributed by atoms with Gasteiger partial charge in [0.15, 0.2) is 0 Å². The first kappa shape index (κ1) is 11.9. The predicted molar refractivity (Wildman–Crippen MR) is 66.5 cm³/mol. The van der Waals surface area contributed by atoms with Gasteiger partial charge in [-0.15, -0.1) is 0 Å². The molecule has 0 unspecified atom stereocenters. The molecule has 4 N–H and O–H groups in total. The van der Waals surface area contributed by atoms with Crippen molar-refractivity contribution < 1.29 is 9.53 Å². The van der Waals surface area contributed by atoms with Crippen molar-refractivity contribution in [2.24, 2.45) is 0 Å². The van der Waals surface area contributed by atoms with Gasteiger partial charge in [-0.1, -0.05) is 0 Å². The van der Waals surface area contributed by atoms with E-state index in [2.05, 4.69) is 20.3 Å². The molecule has 1 amide bonds. The molecule has 0 spiro atoms. The monoisotopic (exact) mass is 247 g/mol. The van der Waals surface area contributed by atoms with Gasteiger partial charge in [-0.25, -0.2) is 4.98 Å². The molecule has 0 radical (unpaired) electrons. The van der Waals surface area contributed by atoms with E-state index in [-0.39, 0.29) is 11.9 Å². The molecule has 0 aromatic carbocycles. The van der Waals surface area contributed by atoms with Gasteiger partial charge in [0.2, 0.25) is 11.8 Å². The number of aromatic amines is 1. The molecule has 0 saturated carbocycles. The van der Waals surface area contributed by atoms with Gasteiger partial charge in [0.1, 0.15) is 5.69 Å². The van der Waals surface area contributed by atoms with Gasteiger partial charge in [0, 0.05) is 23.6 Å². The van der Waals surface area contributed by atoms with Crippen LogP contribution in [0.4, 0.5) is 11.6 Å². The first-order chi connectivity index (χ1) is 8.58. The highest BCUT2D eigenvalue weighted by Gasteiger charge is 2.10. The number of hydrogen-bond acceptors (Lipinski definition) is 5. The zero-order valence-corrected chi connectivity index (χ0v) is 10.0. The zero-order valence-electron chi connectivity index (χ0n) is 10.0. The molecule has 7 nitrogen and oxygen atoms in total. The normalized spacial score (nSPS) is 10.1. The van der Waals surface area contributed by atoms with Crippen LogP contribution in [0.3, 0.4) is 0 Å². The average Bonchev–Trinajstić information content (AvgIpc) is 2.75. The molecule has 18 heavy (non-hydrogen) atoms. The van der Waals surface area contributed by atoms with Crippen LogP contribution in [-0.4, -0.2) is 28.0 Å². The summed E-state index contributed by atoms with van der Waals surface area (Å²) in [5.74, 6) is 0.216. The van der Waals surface area contributed by atoms with Gasteiger partial charge in [0.05, 0.1) is 7.11 Å². The third kappa shape index (κ3) is 2.57. The first-order valence-electron chi connectivity index (χ1n) is 5.23. The number of nitrogens with zero attached hydrogens (tertiary/aromatic N) is 2. The Kier molecular flexibility index (Phi) is 3.13. The number of carbonyl (C=O) groups is 1. The van der Waals surface area contributed by atoms with Crippen molar-refractivity contribution >= 4 is 17.5 Å². The molecule has 2 aromatic heterocycles. The summed E-state index contributed by atoms with van der Waals surface area (Å²) in [6, 6.07) is 3.20. The molecule has 2 rings (SSSR count). The number of rotatable bonds is 3. The van der Waals surface area contributed by atoms with E-state index in [0.717, 1.165) is 0 Å². The van der Waals surface area contributed by atoms with Crippen molar-refractivity contribution in [2.45, 2.75) is 6.92 Å². The summed E-state index contributed by atoms with van der Waals surface area (Å²) in [6.07, 6.45) is 1.53. The Morgan fingerprint density at radius 2 is 2.22 bits per heavy atom. The van der Waals surface area contributed by atoms with Crippen molar-refractivity contribution in [1.82, 2.24) is 15.0 Å². The summed E-state index contributed by atoms with van der Waals surface area (Å²) in [5.41, 5.74) is 7.05. The van der Waals surface area contributed by atoms with E-state index in [0.29, 0.717) is 23.0 Å². The largest absolute Gasteiger partial charge is 0.481 e. The van der Waals surface area contributed by atoms with E-state index in [9.17, 15) is 4.79 Å². The number of hydrogen-bond donors (Lipinski definition) is 3. The molecule has 0 fully saturated rings. The molecule has 94 valence electrons. The second-order valence-electron chi connectivity index (χ2n) is 3.68. The minimum absolute atomic E-state index is 0.185. The van der Waals surface area contributed by atoms with Crippen molar-refractivity contribution in [3.05, 3.63) is 29.7 Å². The number of H-pyrrole nitrogens is 1. The van der Waals surface area contributed by atoms with Crippen LogP contribution < -0.4 is 15.8 Å². The molecule has 0 aliphatic heterocycles. The molecule has 0 saturated heterocycles. The average molecular weight is 247 g/mol. The Morgan fingerprint density at radius 1 is 1.44 bits per heavy atom. The number of carbonyl (C=O) groups excluding carboxylic acids is 1.